The highest BCUT2D eigenvalue weighted by Gasteiger charge is 2.34. The van der Waals surface area contributed by atoms with Crippen LogP contribution >= 0.6 is 0 Å². The number of rotatable bonds is 4. The molecular weight excluding hydrogens is 342 g/mol. The Hall–Kier alpha value is -3.80. The Balaban J connectivity index is 1.53. The first kappa shape index (κ1) is 16.7. The van der Waals surface area contributed by atoms with Crippen LogP contribution in [0.15, 0.2) is 72.9 Å². The monoisotopic (exact) mass is 357 g/mol. The Kier molecular flexibility index (Phi) is 4.22. The summed E-state index contributed by atoms with van der Waals surface area (Å²) in [6.07, 6.45) is 1.59. The van der Waals surface area contributed by atoms with Crippen LogP contribution in [0.5, 0.6) is 0 Å². The first-order chi connectivity index (χ1) is 13.1. The molecule has 3 amide bonds. The van der Waals surface area contributed by atoms with Gasteiger partial charge in [0.1, 0.15) is 5.82 Å². The van der Waals surface area contributed by atoms with Crippen LogP contribution in [0, 0.1) is 0 Å². The van der Waals surface area contributed by atoms with Crippen molar-refractivity contribution in [1.29, 1.82) is 0 Å². The van der Waals surface area contributed by atoms with Crippen molar-refractivity contribution in [1.82, 2.24) is 9.88 Å². The number of aromatic nitrogens is 1. The van der Waals surface area contributed by atoms with E-state index in [1.54, 1.807) is 72.9 Å². The van der Waals surface area contributed by atoms with Gasteiger partial charge in [0.2, 0.25) is 0 Å². The summed E-state index contributed by atoms with van der Waals surface area (Å²) in [7, 11) is 0. The molecule has 2 aromatic carbocycles. The lowest BCUT2D eigenvalue weighted by Gasteiger charge is -2.14. The van der Waals surface area contributed by atoms with Gasteiger partial charge in [-0.05, 0) is 42.0 Å². The van der Waals surface area contributed by atoms with Crippen molar-refractivity contribution in [3.05, 3.63) is 95.2 Å². The number of nitrogens with zero attached hydrogens (tertiary/aromatic N) is 2. The van der Waals surface area contributed by atoms with Crippen LogP contribution in [0.4, 0.5) is 5.82 Å². The van der Waals surface area contributed by atoms with Gasteiger partial charge in [0.15, 0.2) is 0 Å². The number of anilines is 1. The van der Waals surface area contributed by atoms with Crippen molar-refractivity contribution in [3.63, 3.8) is 0 Å². The summed E-state index contributed by atoms with van der Waals surface area (Å²) in [6, 6.07) is 18.8. The minimum absolute atomic E-state index is 0.108. The van der Waals surface area contributed by atoms with Crippen molar-refractivity contribution < 1.29 is 14.4 Å². The molecule has 0 fully saturated rings. The van der Waals surface area contributed by atoms with Crippen LogP contribution in [0.1, 0.15) is 36.6 Å². The lowest BCUT2D eigenvalue weighted by Crippen LogP contribution is -2.29. The van der Waals surface area contributed by atoms with Gasteiger partial charge in [-0.15, -0.1) is 0 Å². The zero-order valence-corrected chi connectivity index (χ0v) is 14.3. The third-order valence-corrected chi connectivity index (χ3v) is 4.31. The van der Waals surface area contributed by atoms with Gasteiger partial charge in [0.25, 0.3) is 17.7 Å². The zero-order valence-electron chi connectivity index (χ0n) is 14.3. The van der Waals surface area contributed by atoms with Gasteiger partial charge in [-0.1, -0.05) is 30.3 Å². The summed E-state index contributed by atoms with van der Waals surface area (Å²) in [4.78, 5) is 42.6. The predicted octanol–water partition coefficient (Wildman–Crippen LogP) is 3.13. The average Bonchev–Trinajstić information content (AvgIpc) is 2.94. The Morgan fingerprint density at radius 3 is 2.26 bits per heavy atom. The topological polar surface area (TPSA) is 79.4 Å². The molecule has 4 rings (SSSR count). The maximum absolute atomic E-state index is 12.5. The average molecular weight is 357 g/mol. The van der Waals surface area contributed by atoms with Crippen LogP contribution < -0.4 is 5.32 Å². The third-order valence-electron chi connectivity index (χ3n) is 4.31. The van der Waals surface area contributed by atoms with E-state index in [9.17, 15) is 14.4 Å². The van der Waals surface area contributed by atoms with E-state index < -0.39 is 0 Å². The SMILES string of the molecule is O=C(Nc1ccccn1)c1cccc(CN2C(=O)c3ccccc3C2=O)c1. The number of hydrogen-bond donors (Lipinski definition) is 1. The van der Waals surface area contributed by atoms with E-state index in [0.29, 0.717) is 28.1 Å². The van der Waals surface area contributed by atoms with E-state index >= 15 is 0 Å². The number of fused-ring (bicyclic) bond motifs is 1. The van der Waals surface area contributed by atoms with E-state index in [2.05, 4.69) is 10.3 Å². The molecule has 0 saturated heterocycles. The number of hydrogen-bond acceptors (Lipinski definition) is 4. The Morgan fingerprint density at radius 1 is 0.889 bits per heavy atom. The molecule has 1 aliphatic heterocycles. The lowest BCUT2D eigenvalue weighted by molar-refractivity contribution is 0.0642. The van der Waals surface area contributed by atoms with Gasteiger partial charge < -0.3 is 5.32 Å². The maximum atomic E-state index is 12.5. The molecule has 2 heterocycles. The molecule has 0 saturated carbocycles. The molecule has 27 heavy (non-hydrogen) atoms. The molecule has 1 N–H and O–H groups in total. The van der Waals surface area contributed by atoms with Gasteiger partial charge in [-0.25, -0.2) is 4.98 Å². The molecule has 0 radical (unpaired) electrons. The molecule has 6 nitrogen and oxygen atoms in total. The second-order valence-electron chi connectivity index (χ2n) is 6.11. The van der Waals surface area contributed by atoms with Crippen molar-refractivity contribution >= 4 is 23.5 Å². The van der Waals surface area contributed by atoms with E-state index in [1.807, 2.05) is 0 Å². The van der Waals surface area contributed by atoms with Crippen molar-refractivity contribution in [2.24, 2.45) is 0 Å². The Morgan fingerprint density at radius 2 is 1.59 bits per heavy atom. The van der Waals surface area contributed by atoms with Gasteiger partial charge in [0, 0.05) is 11.8 Å². The van der Waals surface area contributed by atoms with Gasteiger partial charge in [-0.2, -0.15) is 0 Å². The smallest absolute Gasteiger partial charge is 0.261 e. The summed E-state index contributed by atoms with van der Waals surface area (Å²) in [5, 5.41) is 2.71. The number of benzene rings is 2. The highest BCUT2D eigenvalue weighted by Crippen LogP contribution is 2.24. The highest BCUT2D eigenvalue weighted by atomic mass is 16.2. The van der Waals surface area contributed by atoms with Crippen molar-refractivity contribution in [3.8, 4) is 0 Å². The number of carbonyl (C=O) groups excluding carboxylic acids is 3. The molecule has 0 spiro atoms. The summed E-state index contributed by atoms with van der Waals surface area (Å²) < 4.78 is 0. The van der Waals surface area contributed by atoms with Gasteiger partial charge in [-0.3, -0.25) is 19.3 Å². The summed E-state index contributed by atoms with van der Waals surface area (Å²) in [5.41, 5.74) is 1.94. The quantitative estimate of drug-likeness (QED) is 0.728. The maximum Gasteiger partial charge on any atom is 0.261 e. The van der Waals surface area contributed by atoms with Crippen LogP contribution in [-0.2, 0) is 6.54 Å². The number of carbonyl (C=O) groups is 3. The zero-order chi connectivity index (χ0) is 18.8. The summed E-state index contributed by atoms with van der Waals surface area (Å²) in [5.74, 6) is -0.496. The van der Waals surface area contributed by atoms with Crippen LogP contribution in [0.25, 0.3) is 0 Å². The van der Waals surface area contributed by atoms with Gasteiger partial charge >= 0.3 is 0 Å². The van der Waals surface area contributed by atoms with E-state index in [0.717, 1.165) is 0 Å². The van der Waals surface area contributed by atoms with Crippen molar-refractivity contribution in [2.45, 2.75) is 6.54 Å². The fraction of sp³-hybridized carbons (Fsp3) is 0.0476. The molecule has 132 valence electrons. The van der Waals surface area contributed by atoms with Crippen LogP contribution in [0.3, 0.4) is 0 Å². The fourth-order valence-corrected chi connectivity index (χ4v) is 3.00. The molecule has 1 aliphatic rings. The van der Waals surface area contributed by atoms with Gasteiger partial charge in [0.05, 0.1) is 17.7 Å². The molecule has 0 unspecified atom stereocenters. The van der Waals surface area contributed by atoms with E-state index in [4.69, 9.17) is 0 Å². The highest BCUT2D eigenvalue weighted by molar-refractivity contribution is 6.21. The molecule has 6 heteroatoms. The molecule has 0 bridgehead atoms. The summed E-state index contributed by atoms with van der Waals surface area (Å²) >= 11 is 0. The first-order valence-corrected chi connectivity index (χ1v) is 8.40. The Labute approximate surface area is 155 Å². The lowest BCUT2D eigenvalue weighted by atomic mass is 10.1. The largest absolute Gasteiger partial charge is 0.307 e. The minimum atomic E-state index is -0.320. The van der Waals surface area contributed by atoms with Crippen LogP contribution in [0.2, 0.25) is 0 Å². The molecule has 3 aromatic rings. The van der Waals surface area contributed by atoms with E-state index in [1.165, 1.54) is 4.90 Å². The number of imide groups is 1. The molecule has 1 aromatic heterocycles. The molecular formula is C21H15N3O3. The second-order valence-corrected chi connectivity index (χ2v) is 6.11. The summed E-state index contributed by atoms with van der Waals surface area (Å²) in [6.45, 7) is 0.108. The first-order valence-electron chi connectivity index (χ1n) is 8.40. The second kappa shape index (κ2) is 6.84. The minimum Gasteiger partial charge on any atom is -0.307 e. The fourth-order valence-electron chi connectivity index (χ4n) is 3.00. The van der Waals surface area contributed by atoms with E-state index in [-0.39, 0.29) is 24.3 Å². The third kappa shape index (κ3) is 3.20. The Bertz CT molecular complexity index is 1010. The predicted molar refractivity (Wildman–Crippen MR) is 99.3 cm³/mol. The normalized spacial score (nSPS) is 12.8. The molecule has 0 aliphatic carbocycles. The number of amides is 3. The standard InChI is InChI=1S/C21H15N3O3/c25-19(23-18-10-3-4-11-22-18)15-7-5-6-14(12-15)13-24-20(26)16-8-1-2-9-17(16)21(24)27/h1-12H,13H2,(H,22,23,25). The number of nitrogens with one attached hydrogen (secondary N) is 1. The van der Waals surface area contributed by atoms with Crippen LogP contribution in [-0.4, -0.2) is 27.6 Å². The molecule has 0 atom stereocenters. The number of pyridine rings is 1. The van der Waals surface area contributed by atoms with Crippen molar-refractivity contribution in [2.75, 3.05) is 5.32 Å².